The van der Waals surface area contributed by atoms with Crippen LogP contribution >= 0.6 is 0 Å². The highest BCUT2D eigenvalue weighted by molar-refractivity contribution is 5.76. The number of terminal acetylenes is 1. The van der Waals surface area contributed by atoms with E-state index >= 15 is 0 Å². The van der Waals surface area contributed by atoms with E-state index in [0.29, 0.717) is 30.4 Å². The van der Waals surface area contributed by atoms with Gasteiger partial charge < -0.3 is 15.2 Å². The molecule has 0 aliphatic carbocycles. The number of anilines is 1. The standard InChI is InChI=1S/C15H15FN2O2/c1-3-15(11-6-10(17)4-5-13(11)16)12-7-19-8-14(12)20-9(2)18-15/h1,4-6,12,14H,7-8,17H2,2H3/t12-,14+,15+/m0/s1. The molecule has 0 amide bonds. The van der Waals surface area contributed by atoms with E-state index in [1.807, 2.05) is 0 Å². The number of halogens is 1. The molecule has 0 radical (unpaired) electrons. The molecule has 20 heavy (non-hydrogen) atoms. The largest absolute Gasteiger partial charge is 0.475 e. The number of nitrogen functional groups attached to an aromatic ring is 1. The van der Waals surface area contributed by atoms with Crippen LogP contribution in [0.4, 0.5) is 10.1 Å². The summed E-state index contributed by atoms with van der Waals surface area (Å²) in [5.74, 6) is 2.47. The highest BCUT2D eigenvalue weighted by atomic mass is 19.1. The first-order chi connectivity index (χ1) is 9.56. The molecule has 0 spiro atoms. The fourth-order valence-electron chi connectivity index (χ4n) is 2.93. The minimum atomic E-state index is -1.12. The van der Waals surface area contributed by atoms with Gasteiger partial charge in [-0.1, -0.05) is 5.92 Å². The highest BCUT2D eigenvalue weighted by Gasteiger charge is 2.51. The Balaban J connectivity index is 2.22. The summed E-state index contributed by atoms with van der Waals surface area (Å²) < 4.78 is 25.3. The minimum absolute atomic E-state index is 0.204. The molecule has 5 heteroatoms. The number of ether oxygens (including phenoxy) is 2. The summed E-state index contributed by atoms with van der Waals surface area (Å²) in [6.45, 7) is 2.54. The SMILES string of the molecule is C#C[C@]1(c2cc(N)ccc2F)N=C(C)O[C@@H]2COC[C@@H]21. The van der Waals surface area contributed by atoms with E-state index in [9.17, 15) is 4.39 Å². The molecule has 2 aliphatic rings. The molecule has 2 aliphatic heterocycles. The molecule has 104 valence electrons. The third-order valence-corrected chi connectivity index (χ3v) is 3.84. The predicted octanol–water partition coefficient (Wildman–Crippen LogP) is 1.70. The summed E-state index contributed by atoms with van der Waals surface area (Å²) in [4.78, 5) is 4.43. The molecule has 1 fully saturated rings. The fraction of sp³-hybridized carbons (Fsp3) is 0.400. The molecule has 0 saturated carbocycles. The van der Waals surface area contributed by atoms with Gasteiger partial charge in [-0.05, 0) is 18.2 Å². The first-order valence-electron chi connectivity index (χ1n) is 6.41. The van der Waals surface area contributed by atoms with Gasteiger partial charge in [0.05, 0.1) is 19.1 Å². The maximum atomic E-state index is 14.3. The molecule has 1 aromatic rings. The van der Waals surface area contributed by atoms with Crippen molar-refractivity contribution in [1.29, 1.82) is 0 Å². The molecular formula is C15H15FN2O2. The minimum Gasteiger partial charge on any atom is -0.475 e. The average molecular weight is 274 g/mol. The van der Waals surface area contributed by atoms with Crippen LogP contribution in [0.5, 0.6) is 0 Å². The van der Waals surface area contributed by atoms with Crippen LogP contribution in [0, 0.1) is 24.1 Å². The van der Waals surface area contributed by atoms with E-state index in [0.717, 1.165) is 0 Å². The van der Waals surface area contributed by atoms with E-state index in [1.54, 1.807) is 13.0 Å². The van der Waals surface area contributed by atoms with Crippen LogP contribution in [0.15, 0.2) is 23.2 Å². The Morgan fingerprint density at radius 2 is 2.30 bits per heavy atom. The van der Waals surface area contributed by atoms with E-state index < -0.39 is 11.4 Å². The summed E-state index contributed by atoms with van der Waals surface area (Å²) in [7, 11) is 0. The van der Waals surface area contributed by atoms with Crippen LogP contribution in [-0.4, -0.2) is 25.2 Å². The molecular weight excluding hydrogens is 259 g/mol. The molecule has 0 unspecified atom stereocenters. The van der Waals surface area contributed by atoms with Gasteiger partial charge in [-0.15, -0.1) is 6.42 Å². The van der Waals surface area contributed by atoms with Gasteiger partial charge in [-0.25, -0.2) is 9.38 Å². The summed E-state index contributed by atoms with van der Waals surface area (Å²) in [5.41, 5.74) is 5.41. The van der Waals surface area contributed by atoms with Crippen LogP contribution in [0.3, 0.4) is 0 Å². The van der Waals surface area contributed by atoms with Gasteiger partial charge in [0.1, 0.15) is 11.9 Å². The molecule has 1 aromatic carbocycles. The molecule has 2 N–H and O–H groups in total. The number of hydrogen-bond donors (Lipinski definition) is 1. The lowest BCUT2D eigenvalue weighted by Crippen LogP contribution is -2.45. The van der Waals surface area contributed by atoms with Crippen molar-refractivity contribution in [3.05, 3.63) is 29.6 Å². The number of fused-ring (bicyclic) bond motifs is 1. The highest BCUT2D eigenvalue weighted by Crippen LogP contribution is 2.43. The van der Waals surface area contributed by atoms with E-state index in [1.165, 1.54) is 12.1 Å². The Hall–Kier alpha value is -2.06. The molecule has 3 atom stereocenters. The first kappa shape index (κ1) is 12.9. The molecule has 4 nitrogen and oxygen atoms in total. The van der Waals surface area contributed by atoms with Crippen molar-refractivity contribution in [3.63, 3.8) is 0 Å². The van der Waals surface area contributed by atoms with Crippen molar-refractivity contribution in [2.45, 2.75) is 18.6 Å². The fourth-order valence-corrected chi connectivity index (χ4v) is 2.93. The van der Waals surface area contributed by atoms with Crippen LogP contribution in [0.2, 0.25) is 0 Å². The Kier molecular flexibility index (Phi) is 2.91. The summed E-state index contributed by atoms with van der Waals surface area (Å²) >= 11 is 0. The molecule has 0 aromatic heterocycles. The van der Waals surface area contributed by atoms with Gasteiger partial charge in [0.25, 0.3) is 0 Å². The number of nitrogens with zero attached hydrogens (tertiary/aromatic N) is 1. The van der Waals surface area contributed by atoms with Crippen molar-refractivity contribution in [2.75, 3.05) is 18.9 Å². The molecule has 1 saturated heterocycles. The summed E-state index contributed by atoms with van der Waals surface area (Å²) in [6.07, 6.45) is 5.53. The Bertz CT molecular complexity index is 623. The van der Waals surface area contributed by atoms with Gasteiger partial charge >= 0.3 is 0 Å². The second-order valence-corrected chi connectivity index (χ2v) is 5.08. The summed E-state index contributed by atoms with van der Waals surface area (Å²) in [5, 5.41) is 0. The lowest BCUT2D eigenvalue weighted by Gasteiger charge is -2.38. The topological polar surface area (TPSA) is 56.8 Å². The maximum Gasteiger partial charge on any atom is 0.182 e. The molecule has 0 bridgehead atoms. The Morgan fingerprint density at radius 1 is 1.50 bits per heavy atom. The lowest BCUT2D eigenvalue weighted by atomic mass is 9.76. The van der Waals surface area contributed by atoms with Gasteiger partial charge in [-0.2, -0.15) is 0 Å². The normalized spacial score (nSPS) is 31.9. The van der Waals surface area contributed by atoms with E-state index in [2.05, 4.69) is 10.9 Å². The monoisotopic (exact) mass is 274 g/mol. The second-order valence-electron chi connectivity index (χ2n) is 5.08. The molecule has 2 heterocycles. The van der Waals surface area contributed by atoms with Crippen LogP contribution in [-0.2, 0) is 15.0 Å². The quantitative estimate of drug-likeness (QED) is 0.626. The third-order valence-electron chi connectivity index (χ3n) is 3.84. The number of rotatable bonds is 1. The second kappa shape index (κ2) is 4.50. The predicted molar refractivity (Wildman–Crippen MR) is 73.6 cm³/mol. The van der Waals surface area contributed by atoms with Gasteiger partial charge in [-0.3, -0.25) is 0 Å². The van der Waals surface area contributed by atoms with Crippen molar-refractivity contribution in [2.24, 2.45) is 10.9 Å². The first-order valence-corrected chi connectivity index (χ1v) is 6.41. The summed E-state index contributed by atoms with van der Waals surface area (Å²) in [6, 6.07) is 4.36. The third kappa shape index (κ3) is 1.76. The van der Waals surface area contributed by atoms with Crippen molar-refractivity contribution >= 4 is 11.6 Å². The number of benzene rings is 1. The zero-order valence-electron chi connectivity index (χ0n) is 11.1. The van der Waals surface area contributed by atoms with Crippen LogP contribution in [0.1, 0.15) is 12.5 Å². The van der Waals surface area contributed by atoms with E-state index in [-0.39, 0.29) is 12.0 Å². The van der Waals surface area contributed by atoms with Gasteiger partial charge in [0.15, 0.2) is 11.4 Å². The average Bonchev–Trinajstić information content (AvgIpc) is 2.89. The number of aliphatic imine (C=N–C) groups is 1. The van der Waals surface area contributed by atoms with Crippen LogP contribution in [0.25, 0.3) is 0 Å². The van der Waals surface area contributed by atoms with Crippen LogP contribution < -0.4 is 5.73 Å². The number of nitrogens with two attached hydrogens (primary N) is 1. The van der Waals surface area contributed by atoms with E-state index in [4.69, 9.17) is 21.6 Å². The lowest BCUT2D eigenvalue weighted by molar-refractivity contribution is 0.0954. The van der Waals surface area contributed by atoms with Crippen molar-refractivity contribution in [3.8, 4) is 12.3 Å². The maximum absolute atomic E-state index is 14.3. The van der Waals surface area contributed by atoms with Crippen molar-refractivity contribution < 1.29 is 13.9 Å². The molecule has 3 rings (SSSR count). The van der Waals surface area contributed by atoms with Crippen molar-refractivity contribution in [1.82, 2.24) is 0 Å². The number of hydrogen-bond acceptors (Lipinski definition) is 4. The Morgan fingerprint density at radius 3 is 3.05 bits per heavy atom. The van der Waals surface area contributed by atoms with Gasteiger partial charge in [0.2, 0.25) is 0 Å². The Labute approximate surface area is 116 Å². The zero-order chi connectivity index (χ0) is 14.3. The smallest absolute Gasteiger partial charge is 0.182 e. The van der Waals surface area contributed by atoms with Gasteiger partial charge in [0, 0.05) is 18.2 Å². The zero-order valence-corrected chi connectivity index (χ0v) is 11.1.